The van der Waals surface area contributed by atoms with Gasteiger partial charge in [-0.2, -0.15) is 0 Å². The first-order chi connectivity index (χ1) is 6.11. The van der Waals surface area contributed by atoms with Gasteiger partial charge in [0.15, 0.2) is 6.01 Å². The van der Waals surface area contributed by atoms with E-state index < -0.39 is 15.8 Å². The molecular formula is C8H10FNO2S. The molecule has 3 nitrogen and oxygen atoms in total. The van der Waals surface area contributed by atoms with Gasteiger partial charge in [0.25, 0.3) is 0 Å². The standard InChI is InChI=1S/C8H10FNO2S/c9-6-13(11,12)8-4-2-1-3-7(8)5-10/h1-4H,5-6,10H2. The van der Waals surface area contributed by atoms with E-state index in [4.69, 9.17) is 5.73 Å². The van der Waals surface area contributed by atoms with Crippen LogP contribution >= 0.6 is 0 Å². The average molecular weight is 203 g/mol. The average Bonchev–Trinajstić information content (AvgIpc) is 2.18. The van der Waals surface area contributed by atoms with Crippen LogP contribution in [0.15, 0.2) is 29.2 Å². The zero-order valence-corrected chi connectivity index (χ0v) is 7.72. The van der Waals surface area contributed by atoms with Crippen LogP contribution in [0.4, 0.5) is 4.39 Å². The third kappa shape index (κ3) is 2.05. The van der Waals surface area contributed by atoms with E-state index in [0.29, 0.717) is 5.56 Å². The molecule has 0 bridgehead atoms. The molecule has 0 unspecified atom stereocenters. The summed E-state index contributed by atoms with van der Waals surface area (Å²) in [6.45, 7) is 0.0927. The van der Waals surface area contributed by atoms with Crippen LogP contribution in [0.25, 0.3) is 0 Å². The first kappa shape index (κ1) is 10.1. The van der Waals surface area contributed by atoms with E-state index in [-0.39, 0.29) is 11.4 Å². The third-order valence-corrected chi connectivity index (χ3v) is 3.03. The molecule has 0 amide bonds. The Labute approximate surface area is 76.3 Å². The molecule has 0 fully saturated rings. The lowest BCUT2D eigenvalue weighted by molar-refractivity contribution is 0.534. The van der Waals surface area contributed by atoms with Crippen molar-refractivity contribution in [3.63, 3.8) is 0 Å². The zero-order chi connectivity index (χ0) is 9.90. The summed E-state index contributed by atoms with van der Waals surface area (Å²) < 4.78 is 34.4. The Bertz CT molecular complexity index is 389. The molecular weight excluding hydrogens is 193 g/mol. The molecule has 0 saturated carbocycles. The highest BCUT2D eigenvalue weighted by atomic mass is 32.2. The van der Waals surface area contributed by atoms with Gasteiger partial charge in [-0.15, -0.1) is 0 Å². The molecule has 0 radical (unpaired) electrons. The number of benzene rings is 1. The van der Waals surface area contributed by atoms with Crippen molar-refractivity contribution >= 4 is 9.84 Å². The number of hydrogen-bond donors (Lipinski definition) is 1. The summed E-state index contributed by atoms with van der Waals surface area (Å²) in [4.78, 5) is -0.0139. The summed E-state index contributed by atoms with van der Waals surface area (Å²) in [5, 5.41) is 0. The van der Waals surface area contributed by atoms with Crippen molar-refractivity contribution in [2.45, 2.75) is 11.4 Å². The number of rotatable bonds is 3. The molecule has 0 aliphatic carbocycles. The van der Waals surface area contributed by atoms with Crippen molar-refractivity contribution in [2.75, 3.05) is 6.01 Å². The first-order valence-corrected chi connectivity index (χ1v) is 5.33. The number of sulfone groups is 1. The van der Waals surface area contributed by atoms with Gasteiger partial charge in [0.2, 0.25) is 9.84 Å². The minimum absolute atomic E-state index is 0.0139. The van der Waals surface area contributed by atoms with Gasteiger partial charge < -0.3 is 5.73 Å². The fourth-order valence-electron chi connectivity index (χ4n) is 1.03. The topological polar surface area (TPSA) is 60.2 Å². The Morgan fingerprint density at radius 2 is 1.92 bits per heavy atom. The monoisotopic (exact) mass is 203 g/mol. The van der Waals surface area contributed by atoms with Gasteiger partial charge in [-0.1, -0.05) is 18.2 Å². The van der Waals surface area contributed by atoms with E-state index in [1.54, 1.807) is 18.2 Å². The Kier molecular flexibility index (Phi) is 3.00. The van der Waals surface area contributed by atoms with E-state index in [2.05, 4.69) is 0 Å². The summed E-state index contributed by atoms with van der Waals surface area (Å²) in [7, 11) is -3.79. The predicted molar refractivity (Wildman–Crippen MR) is 47.5 cm³/mol. The quantitative estimate of drug-likeness (QED) is 0.792. The van der Waals surface area contributed by atoms with Gasteiger partial charge in [0.05, 0.1) is 4.90 Å². The van der Waals surface area contributed by atoms with Gasteiger partial charge in [-0.05, 0) is 11.6 Å². The Morgan fingerprint density at radius 3 is 2.46 bits per heavy atom. The predicted octanol–water partition coefficient (Wildman–Crippen LogP) is 0.846. The SMILES string of the molecule is NCc1ccccc1S(=O)(=O)CF. The van der Waals surface area contributed by atoms with Crippen LogP contribution in [0.5, 0.6) is 0 Å². The minimum Gasteiger partial charge on any atom is -0.326 e. The molecule has 0 spiro atoms. The molecule has 1 rings (SSSR count). The van der Waals surface area contributed by atoms with Crippen molar-refractivity contribution < 1.29 is 12.8 Å². The fourth-order valence-corrected chi connectivity index (χ4v) is 1.99. The normalized spacial score (nSPS) is 11.5. The Morgan fingerprint density at radius 1 is 1.31 bits per heavy atom. The maximum absolute atomic E-state index is 12.1. The first-order valence-electron chi connectivity index (χ1n) is 3.68. The fraction of sp³-hybridized carbons (Fsp3) is 0.250. The van der Waals surface area contributed by atoms with Crippen molar-refractivity contribution in [1.82, 2.24) is 0 Å². The second-order valence-electron chi connectivity index (χ2n) is 2.54. The van der Waals surface area contributed by atoms with Crippen LogP contribution in [0, 0.1) is 0 Å². The second kappa shape index (κ2) is 3.85. The summed E-state index contributed by atoms with van der Waals surface area (Å²) in [5.41, 5.74) is 5.76. The number of hydrogen-bond acceptors (Lipinski definition) is 3. The molecule has 2 N–H and O–H groups in total. The van der Waals surface area contributed by atoms with Crippen molar-refractivity contribution in [3.8, 4) is 0 Å². The van der Waals surface area contributed by atoms with Crippen LogP contribution in [0.2, 0.25) is 0 Å². The Hall–Kier alpha value is -0.940. The molecule has 72 valence electrons. The van der Waals surface area contributed by atoms with Crippen LogP contribution in [-0.4, -0.2) is 14.4 Å². The molecule has 0 saturated heterocycles. The van der Waals surface area contributed by atoms with E-state index in [0.717, 1.165) is 0 Å². The lowest BCUT2D eigenvalue weighted by atomic mass is 10.2. The number of halogens is 1. The summed E-state index contributed by atoms with van der Waals surface area (Å²) in [5.74, 6) is 0. The Balaban J connectivity index is 3.29. The maximum atomic E-state index is 12.1. The van der Waals surface area contributed by atoms with E-state index >= 15 is 0 Å². The minimum atomic E-state index is -3.79. The lowest BCUT2D eigenvalue weighted by Gasteiger charge is -2.04. The maximum Gasteiger partial charge on any atom is 0.207 e. The highest BCUT2D eigenvalue weighted by molar-refractivity contribution is 7.91. The smallest absolute Gasteiger partial charge is 0.207 e. The van der Waals surface area contributed by atoms with Crippen LogP contribution in [0.1, 0.15) is 5.56 Å². The largest absolute Gasteiger partial charge is 0.326 e. The number of alkyl halides is 1. The third-order valence-electron chi connectivity index (χ3n) is 1.67. The van der Waals surface area contributed by atoms with E-state index in [1.807, 2.05) is 0 Å². The van der Waals surface area contributed by atoms with Crippen molar-refractivity contribution in [3.05, 3.63) is 29.8 Å². The highest BCUT2D eigenvalue weighted by Gasteiger charge is 2.16. The van der Waals surface area contributed by atoms with Crippen LogP contribution < -0.4 is 5.73 Å². The molecule has 1 aromatic carbocycles. The molecule has 0 aromatic heterocycles. The molecule has 13 heavy (non-hydrogen) atoms. The van der Waals surface area contributed by atoms with Crippen LogP contribution in [0.3, 0.4) is 0 Å². The molecule has 0 aliphatic rings. The molecule has 1 aromatic rings. The van der Waals surface area contributed by atoms with Gasteiger partial charge >= 0.3 is 0 Å². The van der Waals surface area contributed by atoms with Gasteiger partial charge in [-0.3, -0.25) is 0 Å². The van der Waals surface area contributed by atoms with Gasteiger partial charge in [-0.25, -0.2) is 12.8 Å². The summed E-state index contributed by atoms with van der Waals surface area (Å²) in [6, 6.07) is 4.75. The highest BCUT2D eigenvalue weighted by Crippen LogP contribution is 2.16. The second-order valence-corrected chi connectivity index (χ2v) is 4.42. The van der Waals surface area contributed by atoms with E-state index in [9.17, 15) is 12.8 Å². The lowest BCUT2D eigenvalue weighted by Crippen LogP contribution is -2.09. The molecule has 0 atom stereocenters. The molecule has 0 aliphatic heterocycles. The summed E-state index contributed by atoms with van der Waals surface area (Å²) >= 11 is 0. The molecule has 5 heteroatoms. The van der Waals surface area contributed by atoms with Crippen molar-refractivity contribution in [2.24, 2.45) is 5.73 Å². The van der Waals surface area contributed by atoms with E-state index in [1.165, 1.54) is 6.07 Å². The molecule has 0 heterocycles. The van der Waals surface area contributed by atoms with Gasteiger partial charge in [0.1, 0.15) is 0 Å². The summed E-state index contributed by atoms with van der Waals surface area (Å²) in [6.07, 6.45) is 0. The van der Waals surface area contributed by atoms with Crippen LogP contribution in [-0.2, 0) is 16.4 Å². The van der Waals surface area contributed by atoms with Gasteiger partial charge in [0, 0.05) is 6.54 Å². The van der Waals surface area contributed by atoms with Crippen molar-refractivity contribution in [1.29, 1.82) is 0 Å². The number of nitrogens with two attached hydrogens (primary N) is 1. The zero-order valence-electron chi connectivity index (χ0n) is 6.90.